The zero-order chi connectivity index (χ0) is 29.1. The highest BCUT2D eigenvalue weighted by Gasteiger charge is 2.30. The van der Waals surface area contributed by atoms with Crippen LogP contribution in [0.3, 0.4) is 0 Å². The van der Waals surface area contributed by atoms with E-state index in [0.717, 1.165) is 5.56 Å². The number of rotatable bonds is 19. The van der Waals surface area contributed by atoms with Crippen LogP contribution in [0.25, 0.3) is 0 Å². The molecule has 0 bridgehead atoms. The Morgan fingerprint density at radius 1 is 1.03 bits per heavy atom. The number of nitrogens with one attached hydrogen (secondary N) is 3. The number of allylic oxidation sites excluding steroid dienone is 1. The number of benzene rings is 1. The lowest BCUT2D eigenvalue weighted by molar-refractivity contribution is -0.149. The maximum atomic E-state index is 12.9. The molecule has 11 nitrogen and oxygen atoms in total. The number of esters is 1. The molecule has 0 aliphatic rings. The van der Waals surface area contributed by atoms with Crippen LogP contribution in [0.1, 0.15) is 38.7 Å². The maximum Gasteiger partial charge on any atom is 0.408 e. The van der Waals surface area contributed by atoms with Gasteiger partial charge in [-0.2, -0.15) is 0 Å². The number of hydrogen-bond acceptors (Lipinski definition) is 8. The van der Waals surface area contributed by atoms with Gasteiger partial charge in [-0.1, -0.05) is 42.5 Å². The van der Waals surface area contributed by atoms with Gasteiger partial charge in [0, 0.05) is 13.0 Å². The number of carbonyl (C=O) groups is 4. The minimum Gasteiger partial charge on any atom is -0.462 e. The fourth-order valence-electron chi connectivity index (χ4n) is 3.32. The van der Waals surface area contributed by atoms with Gasteiger partial charge in [-0.25, -0.2) is 9.59 Å². The molecule has 3 amide bonds. The first-order valence-electron chi connectivity index (χ1n) is 12.7. The van der Waals surface area contributed by atoms with Gasteiger partial charge in [-0.05, 0) is 32.3 Å². The Kier molecular flexibility index (Phi) is 15.8. The largest absolute Gasteiger partial charge is 0.462 e. The third kappa shape index (κ3) is 14.7. The van der Waals surface area contributed by atoms with E-state index in [9.17, 15) is 19.2 Å². The first kappa shape index (κ1) is 33.3. The van der Waals surface area contributed by atoms with E-state index in [2.05, 4.69) is 29.1 Å². The van der Waals surface area contributed by atoms with Crippen molar-refractivity contribution in [2.45, 2.75) is 51.3 Å². The minimum atomic E-state index is -1.02. The third-order valence-electron chi connectivity index (χ3n) is 5.29. The first-order chi connectivity index (χ1) is 18.6. The Labute approximate surface area is 230 Å². The number of aliphatic hydroxyl groups is 1. The summed E-state index contributed by atoms with van der Waals surface area (Å²) in [5.41, 5.74) is -0.167. The Bertz CT molecular complexity index is 936. The fourth-order valence-corrected chi connectivity index (χ4v) is 3.32. The standard InChI is InChI=1S/C28H41N3O8/c1-5-10-22(18-24(33)29-14-16-37-17-15-32)25(34)31-28(3,4)20-39-26(35)23(11-6-2)30-27(36)38-19-21-12-8-7-9-13-21/h5-9,12-13,22-23,32H,1-2,10-11,14-20H2,3-4H3,(H,29,33)(H,30,36)(H,31,34). The van der Waals surface area contributed by atoms with Crippen molar-refractivity contribution >= 4 is 23.9 Å². The Balaban J connectivity index is 2.58. The van der Waals surface area contributed by atoms with Crippen molar-refractivity contribution < 1.29 is 38.5 Å². The summed E-state index contributed by atoms with van der Waals surface area (Å²) < 4.78 is 15.6. The summed E-state index contributed by atoms with van der Waals surface area (Å²) in [5.74, 6) is -2.11. The van der Waals surface area contributed by atoms with Crippen LogP contribution in [0.5, 0.6) is 0 Å². The van der Waals surface area contributed by atoms with Gasteiger partial charge in [0.15, 0.2) is 0 Å². The Morgan fingerprint density at radius 3 is 2.36 bits per heavy atom. The van der Waals surface area contributed by atoms with Crippen LogP contribution in [0.15, 0.2) is 55.6 Å². The normalized spacial score (nSPS) is 12.4. The van der Waals surface area contributed by atoms with E-state index in [-0.39, 0.29) is 64.7 Å². The van der Waals surface area contributed by atoms with Gasteiger partial charge >= 0.3 is 12.1 Å². The quantitative estimate of drug-likeness (QED) is 0.117. The SMILES string of the molecule is C=CCC(CC(=O)NCCOCCO)C(=O)NC(C)(C)COC(=O)C(CC=C)NC(=O)OCc1ccccc1. The molecule has 0 spiro atoms. The first-order valence-corrected chi connectivity index (χ1v) is 12.7. The van der Waals surface area contributed by atoms with Gasteiger partial charge in [0.25, 0.3) is 0 Å². The van der Waals surface area contributed by atoms with E-state index in [0.29, 0.717) is 0 Å². The number of hydrogen-bond donors (Lipinski definition) is 4. The molecule has 0 aromatic heterocycles. The second kappa shape index (κ2) is 18.5. The summed E-state index contributed by atoms with van der Waals surface area (Å²) in [6.45, 7) is 11.0. The van der Waals surface area contributed by atoms with Crippen molar-refractivity contribution in [1.29, 1.82) is 0 Å². The molecule has 4 N–H and O–H groups in total. The van der Waals surface area contributed by atoms with Crippen molar-refractivity contribution in [3.05, 3.63) is 61.2 Å². The average Bonchev–Trinajstić information content (AvgIpc) is 2.90. The van der Waals surface area contributed by atoms with Crippen LogP contribution in [0.4, 0.5) is 4.79 Å². The van der Waals surface area contributed by atoms with Crippen LogP contribution >= 0.6 is 0 Å². The van der Waals surface area contributed by atoms with E-state index >= 15 is 0 Å². The molecule has 1 aromatic carbocycles. The zero-order valence-electron chi connectivity index (χ0n) is 22.8. The van der Waals surface area contributed by atoms with Crippen molar-refractivity contribution in [3.63, 3.8) is 0 Å². The molecule has 0 saturated heterocycles. The lowest BCUT2D eigenvalue weighted by Crippen LogP contribution is -2.51. The number of amides is 3. The molecule has 0 saturated carbocycles. The molecule has 0 fully saturated rings. The van der Waals surface area contributed by atoms with Crippen LogP contribution in [0.2, 0.25) is 0 Å². The van der Waals surface area contributed by atoms with Gasteiger partial charge in [0.05, 0.1) is 31.3 Å². The Hall–Kier alpha value is -3.70. The van der Waals surface area contributed by atoms with E-state index in [1.165, 1.54) is 6.08 Å². The van der Waals surface area contributed by atoms with Crippen molar-refractivity contribution in [2.75, 3.05) is 33.0 Å². The van der Waals surface area contributed by atoms with Crippen LogP contribution in [0, 0.1) is 5.92 Å². The second-order valence-corrected chi connectivity index (χ2v) is 9.38. The van der Waals surface area contributed by atoms with Gasteiger partial charge in [0.1, 0.15) is 19.3 Å². The zero-order valence-corrected chi connectivity index (χ0v) is 22.8. The number of aliphatic hydroxyl groups excluding tert-OH is 1. The molecule has 39 heavy (non-hydrogen) atoms. The predicted octanol–water partition coefficient (Wildman–Crippen LogP) is 2.00. The number of carbonyl (C=O) groups excluding carboxylic acids is 4. The molecule has 2 unspecified atom stereocenters. The number of alkyl carbamates (subject to hydrolysis) is 1. The van der Waals surface area contributed by atoms with Crippen molar-refractivity contribution in [2.24, 2.45) is 5.92 Å². The summed E-state index contributed by atoms with van der Waals surface area (Å²) in [6.07, 6.45) is 2.57. The smallest absolute Gasteiger partial charge is 0.408 e. The maximum absolute atomic E-state index is 12.9. The van der Waals surface area contributed by atoms with Gasteiger partial charge in [0.2, 0.25) is 11.8 Å². The minimum absolute atomic E-state index is 0.0446. The lowest BCUT2D eigenvalue weighted by atomic mass is 9.97. The molecule has 1 aromatic rings. The van der Waals surface area contributed by atoms with Crippen molar-refractivity contribution in [1.82, 2.24) is 16.0 Å². The average molecular weight is 548 g/mol. The Morgan fingerprint density at radius 2 is 1.72 bits per heavy atom. The molecule has 216 valence electrons. The summed E-state index contributed by atoms with van der Waals surface area (Å²) in [6, 6.07) is 8.08. The summed E-state index contributed by atoms with van der Waals surface area (Å²) in [4.78, 5) is 50.0. The van der Waals surface area contributed by atoms with E-state index in [1.54, 1.807) is 32.1 Å². The lowest BCUT2D eigenvalue weighted by Gasteiger charge is -2.29. The fraction of sp³-hybridized carbons (Fsp3) is 0.500. The monoisotopic (exact) mass is 547 g/mol. The van der Waals surface area contributed by atoms with Gasteiger partial charge in [-0.3, -0.25) is 9.59 Å². The topological polar surface area (TPSA) is 152 Å². The number of ether oxygens (including phenoxy) is 3. The van der Waals surface area contributed by atoms with Crippen LogP contribution < -0.4 is 16.0 Å². The third-order valence-corrected chi connectivity index (χ3v) is 5.29. The highest BCUT2D eigenvalue weighted by atomic mass is 16.6. The molecule has 0 aliphatic carbocycles. The summed E-state index contributed by atoms with van der Waals surface area (Å²) in [5, 5.41) is 16.6. The van der Waals surface area contributed by atoms with E-state index in [4.69, 9.17) is 19.3 Å². The highest BCUT2D eigenvalue weighted by molar-refractivity contribution is 5.86. The van der Waals surface area contributed by atoms with Crippen molar-refractivity contribution in [3.8, 4) is 0 Å². The van der Waals surface area contributed by atoms with Crippen LogP contribution in [-0.4, -0.2) is 73.5 Å². The van der Waals surface area contributed by atoms with E-state index < -0.39 is 35.5 Å². The van der Waals surface area contributed by atoms with Gasteiger partial charge in [-0.15, -0.1) is 13.2 Å². The van der Waals surface area contributed by atoms with E-state index in [1.807, 2.05) is 18.2 Å². The molecule has 0 aliphatic heterocycles. The molecule has 0 radical (unpaired) electrons. The van der Waals surface area contributed by atoms with Gasteiger partial charge < -0.3 is 35.3 Å². The molecule has 0 heterocycles. The molecule has 11 heteroatoms. The summed E-state index contributed by atoms with van der Waals surface area (Å²) in [7, 11) is 0. The molecule has 2 atom stereocenters. The molecular formula is C28H41N3O8. The van der Waals surface area contributed by atoms with Crippen LogP contribution in [-0.2, 0) is 35.2 Å². The highest BCUT2D eigenvalue weighted by Crippen LogP contribution is 2.14. The predicted molar refractivity (Wildman–Crippen MR) is 145 cm³/mol. The molecular weight excluding hydrogens is 506 g/mol. The molecule has 1 rings (SSSR count). The second-order valence-electron chi connectivity index (χ2n) is 9.38. The summed E-state index contributed by atoms with van der Waals surface area (Å²) >= 11 is 0.